The van der Waals surface area contributed by atoms with Crippen molar-refractivity contribution < 1.29 is 29.0 Å². The van der Waals surface area contributed by atoms with Gasteiger partial charge < -0.3 is 25.6 Å². The van der Waals surface area contributed by atoms with Gasteiger partial charge in [0, 0.05) is 0 Å². The molecule has 0 aliphatic carbocycles. The van der Waals surface area contributed by atoms with Crippen LogP contribution in [0.15, 0.2) is 52.4 Å². The molecule has 2 atom stereocenters. The molecule has 1 heterocycles. The second kappa shape index (κ2) is 11.0. The van der Waals surface area contributed by atoms with Crippen molar-refractivity contribution in [2.45, 2.75) is 25.9 Å². The average molecular weight is 499 g/mol. The number of nitrogens with zero attached hydrogens (tertiary/aromatic N) is 2. The Morgan fingerprint density at radius 1 is 1.14 bits per heavy atom. The van der Waals surface area contributed by atoms with Crippen molar-refractivity contribution in [3.05, 3.63) is 52.9 Å². The summed E-state index contributed by atoms with van der Waals surface area (Å²) in [6, 6.07) is 10.2. The maximum absolute atomic E-state index is 13.4. The summed E-state index contributed by atoms with van der Waals surface area (Å²) < 4.78 is 10.4. The van der Waals surface area contributed by atoms with E-state index >= 15 is 0 Å². The minimum atomic E-state index is -0.978. The van der Waals surface area contributed by atoms with Crippen LogP contribution < -0.4 is 20.5 Å². The number of nitrogens with one attached hydrogen (secondary N) is 1. The van der Waals surface area contributed by atoms with Crippen LogP contribution in [0.2, 0.25) is 0 Å². The van der Waals surface area contributed by atoms with Crippen LogP contribution in [-0.2, 0) is 14.4 Å². The van der Waals surface area contributed by atoms with Gasteiger partial charge in [0.1, 0.15) is 12.1 Å². The number of aromatic hydroxyl groups is 1. The Morgan fingerprint density at radius 2 is 1.74 bits per heavy atom. The van der Waals surface area contributed by atoms with E-state index in [4.69, 9.17) is 15.2 Å². The molecule has 184 valence electrons. The van der Waals surface area contributed by atoms with E-state index in [1.54, 1.807) is 30.3 Å². The molecule has 2 aromatic rings. The number of nitrogens with two attached hydrogens (primary N) is 1. The molecule has 0 bridgehead atoms. The number of amides is 3. The van der Waals surface area contributed by atoms with Gasteiger partial charge in [0.2, 0.25) is 17.6 Å². The van der Waals surface area contributed by atoms with Crippen molar-refractivity contribution in [3.63, 3.8) is 0 Å². The van der Waals surface area contributed by atoms with Crippen LogP contribution in [0.3, 0.4) is 0 Å². The fourth-order valence-electron chi connectivity index (χ4n) is 3.19. The van der Waals surface area contributed by atoms with Crippen LogP contribution in [0.25, 0.3) is 6.08 Å². The number of hydrogen-bond acceptors (Lipinski definition) is 8. The number of methoxy groups -OCH3 is 2. The molecule has 1 aliphatic rings. The number of benzene rings is 2. The Bertz CT molecular complexity index is 1170. The van der Waals surface area contributed by atoms with Crippen molar-refractivity contribution in [1.29, 1.82) is 0 Å². The highest BCUT2D eigenvalue weighted by atomic mass is 32.2. The monoisotopic (exact) mass is 498 g/mol. The van der Waals surface area contributed by atoms with Crippen LogP contribution in [0, 0.1) is 0 Å². The number of phenolic OH excluding ortho intramolecular Hbond substituents is 1. The summed E-state index contributed by atoms with van der Waals surface area (Å²) in [5.41, 5.74) is 6.38. The Labute approximate surface area is 206 Å². The van der Waals surface area contributed by atoms with Gasteiger partial charge in [-0.25, -0.2) is 4.99 Å². The molecule has 35 heavy (non-hydrogen) atoms. The van der Waals surface area contributed by atoms with Gasteiger partial charge in [0.05, 0.1) is 24.8 Å². The first-order chi connectivity index (χ1) is 16.7. The van der Waals surface area contributed by atoms with E-state index in [1.807, 2.05) is 18.2 Å². The van der Waals surface area contributed by atoms with Gasteiger partial charge in [-0.05, 0) is 61.5 Å². The molecule has 3 rings (SSSR count). The topological polar surface area (TPSA) is 144 Å². The second-order valence-electron chi connectivity index (χ2n) is 7.60. The number of para-hydroxylation sites is 1. The number of amidine groups is 1. The number of thioether (sulfide) groups is 1. The highest BCUT2D eigenvalue weighted by Gasteiger charge is 2.40. The quantitative estimate of drug-likeness (QED) is 0.474. The molecule has 11 heteroatoms. The van der Waals surface area contributed by atoms with Crippen LogP contribution in [0.4, 0.5) is 5.69 Å². The molecule has 1 fully saturated rings. The first-order valence-corrected chi connectivity index (χ1v) is 11.4. The maximum atomic E-state index is 13.4. The van der Waals surface area contributed by atoms with E-state index < -0.39 is 29.8 Å². The van der Waals surface area contributed by atoms with Crippen molar-refractivity contribution >= 4 is 46.4 Å². The summed E-state index contributed by atoms with van der Waals surface area (Å²) in [5, 5.41) is 13.0. The van der Waals surface area contributed by atoms with Gasteiger partial charge in [0.15, 0.2) is 16.7 Å². The molecule has 0 spiro atoms. The van der Waals surface area contributed by atoms with Crippen LogP contribution in [0.1, 0.15) is 19.4 Å². The van der Waals surface area contributed by atoms with Gasteiger partial charge in [-0.1, -0.05) is 18.2 Å². The third kappa shape index (κ3) is 5.75. The fourth-order valence-corrected chi connectivity index (χ4v) is 4.26. The number of rotatable bonds is 8. The molecule has 0 aromatic heterocycles. The van der Waals surface area contributed by atoms with Crippen LogP contribution in [-0.4, -0.2) is 59.2 Å². The standard InChI is InChI=1S/C24H26N4O6S/c1-13(21(25)30)26-22(31)14(2)28-23(32)19(35-24(28)27-16-8-6-5-7-9-16)12-15-10-17(33-3)20(29)18(11-15)34-4/h5-14,29H,1-4H3,(H2,25,30)(H,26,31)/b19-12-,27-24?/t13-,14-/m0/s1. The van der Waals surface area contributed by atoms with E-state index in [0.29, 0.717) is 16.4 Å². The van der Waals surface area contributed by atoms with E-state index in [0.717, 1.165) is 11.8 Å². The smallest absolute Gasteiger partial charge is 0.267 e. The number of carbonyl (C=O) groups excluding carboxylic acids is 3. The summed E-state index contributed by atoms with van der Waals surface area (Å²) in [6.07, 6.45) is 1.59. The van der Waals surface area contributed by atoms with Gasteiger partial charge in [0.25, 0.3) is 5.91 Å². The van der Waals surface area contributed by atoms with E-state index in [9.17, 15) is 19.5 Å². The molecular formula is C24H26N4O6S. The molecule has 3 amide bonds. The summed E-state index contributed by atoms with van der Waals surface area (Å²) in [4.78, 5) is 43.7. The molecule has 1 aliphatic heterocycles. The Balaban J connectivity index is 2.02. The van der Waals surface area contributed by atoms with Crippen LogP contribution in [0.5, 0.6) is 17.2 Å². The predicted molar refractivity (Wildman–Crippen MR) is 133 cm³/mol. The Hall–Kier alpha value is -3.99. The normalized spacial score (nSPS) is 17.4. The van der Waals surface area contributed by atoms with Crippen molar-refractivity contribution in [3.8, 4) is 17.2 Å². The summed E-state index contributed by atoms with van der Waals surface area (Å²) in [5.74, 6) is -1.51. The summed E-state index contributed by atoms with van der Waals surface area (Å²) in [6.45, 7) is 3.00. The number of phenols is 1. The first-order valence-electron chi connectivity index (χ1n) is 10.6. The van der Waals surface area contributed by atoms with Crippen LogP contribution >= 0.6 is 11.8 Å². The molecule has 10 nitrogen and oxygen atoms in total. The number of ether oxygens (including phenoxy) is 2. The van der Waals surface area contributed by atoms with E-state index in [2.05, 4.69) is 10.3 Å². The number of carbonyl (C=O) groups is 3. The third-order valence-electron chi connectivity index (χ3n) is 5.17. The third-order valence-corrected chi connectivity index (χ3v) is 6.15. The largest absolute Gasteiger partial charge is 0.502 e. The van der Waals surface area contributed by atoms with Gasteiger partial charge in [-0.2, -0.15) is 0 Å². The minimum Gasteiger partial charge on any atom is -0.502 e. The first kappa shape index (κ1) is 25.6. The lowest BCUT2D eigenvalue weighted by Gasteiger charge is -2.24. The van der Waals surface area contributed by atoms with Crippen molar-refractivity contribution in [2.24, 2.45) is 10.7 Å². The molecule has 4 N–H and O–H groups in total. The number of primary amides is 1. The van der Waals surface area contributed by atoms with Gasteiger partial charge in [-0.15, -0.1) is 0 Å². The minimum absolute atomic E-state index is 0.163. The lowest BCUT2D eigenvalue weighted by atomic mass is 10.1. The maximum Gasteiger partial charge on any atom is 0.267 e. The fraction of sp³-hybridized carbons (Fsp3) is 0.250. The SMILES string of the molecule is COc1cc(/C=C2\SC(=Nc3ccccc3)N([C@@H](C)C(=O)N[C@@H](C)C(N)=O)C2=O)cc(OC)c1O. The Morgan fingerprint density at radius 3 is 2.29 bits per heavy atom. The molecule has 2 aromatic carbocycles. The molecule has 0 unspecified atom stereocenters. The molecule has 1 saturated heterocycles. The van der Waals surface area contributed by atoms with Crippen molar-refractivity contribution in [1.82, 2.24) is 10.2 Å². The van der Waals surface area contributed by atoms with Crippen molar-refractivity contribution in [2.75, 3.05) is 14.2 Å². The molecular weight excluding hydrogens is 472 g/mol. The zero-order valence-electron chi connectivity index (χ0n) is 19.6. The average Bonchev–Trinajstić information content (AvgIpc) is 3.13. The second-order valence-corrected chi connectivity index (χ2v) is 8.61. The van der Waals surface area contributed by atoms with Gasteiger partial charge in [-0.3, -0.25) is 19.3 Å². The zero-order valence-corrected chi connectivity index (χ0v) is 20.5. The predicted octanol–water partition coefficient (Wildman–Crippen LogP) is 2.39. The lowest BCUT2D eigenvalue weighted by Crippen LogP contribution is -2.52. The summed E-state index contributed by atoms with van der Waals surface area (Å²) in [7, 11) is 2.81. The Kier molecular flexibility index (Phi) is 8.02. The molecule has 0 saturated carbocycles. The van der Waals surface area contributed by atoms with E-state index in [-0.39, 0.29) is 22.2 Å². The highest BCUT2D eigenvalue weighted by molar-refractivity contribution is 8.18. The lowest BCUT2D eigenvalue weighted by molar-refractivity contribution is -0.133. The van der Waals surface area contributed by atoms with E-state index in [1.165, 1.54) is 33.0 Å². The summed E-state index contributed by atoms with van der Waals surface area (Å²) >= 11 is 1.09. The number of aliphatic imine (C=N–C) groups is 1. The molecule has 0 radical (unpaired) electrons. The highest BCUT2D eigenvalue weighted by Crippen LogP contribution is 2.40. The number of hydrogen-bond donors (Lipinski definition) is 3. The zero-order chi connectivity index (χ0) is 25.7. The van der Waals surface area contributed by atoms with Gasteiger partial charge >= 0.3 is 0 Å².